The van der Waals surface area contributed by atoms with Gasteiger partial charge < -0.3 is 21.5 Å². The van der Waals surface area contributed by atoms with Gasteiger partial charge in [0.05, 0.1) is 28.4 Å². The van der Waals surface area contributed by atoms with Crippen molar-refractivity contribution in [3.05, 3.63) is 82.1 Å². The minimum absolute atomic E-state index is 0.273. The van der Waals surface area contributed by atoms with Gasteiger partial charge in [-0.15, -0.1) is 0 Å². The van der Waals surface area contributed by atoms with E-state index in [1.807, 2.05) is 48.5 Å². The lowest BCUT2D eigenvalue weighted by Gasteiger charge is -2.17. The molecule has 34 heavy (non-hydrogen) atoms. The number of carboxylic acid groups (broad SMARTS) is 1. The van der Waals surface area contributed by atoms with Crippen LogP contribution in [0, 0.1) is 0 Å². The molecule has 2 aromatic carbocycles. The summed E-state index contributed by atoms with van der Waals surface area (Å²) in [6.07, 6.45) is 3.32. The van der Waals surface area contributed by atoms with Crippen molar-refractivity contribution >= 4 is 35.2 Å². The maximum Gasteiger partial charge on any atom is 0.405 e. The Morgan fingerprint density at radius 3 is 2.50 bits per heavy atom. The third-order valence-corrected chi connectivity index (χ3v) is 6.53. The first kappa shape index (κ1) is 23.5. The summed E-state index contributed by atoms with van der Waals surface area (Å²) in [5.41, 5.74) is 9.53. The summed E-state index contributed by atoms with van der Waals surface area (Å²) in [6.45, 7) is 1.78. The molecule has 0 aliphatic heterocycles. The summed E-state index contributed by atoms with van der Waals surface area (Å²) in [5.74, 6) is 0.138. The number of hydrogen-bond acceptors (Lipinski definition) is 5. The quantitative estimate of drug-likeness (QED) is 0.357. The van der Waals surface area contributed by atoms with E-state index in [1.54, 1.807) is 13.1 Å². The van der Waals surface area contributed by atoms with Gasteiger partial charge in [0.1, 0.15) is 0 Å². The molecule has 9 heteroatoms. The van der Waals surface area contributed by atoms with E-state index in [9.17, 15) is 9.59 Å². The third kappa shape index (κ3) is 5.12. The van der Waals surface area contributed by atoms with Crippen molar-refractivity contribution in [2.24, 2.45) is 5.73 Å². The number of halogens is 1. The summed E-state index contributed by atoms with van der Waals surface area (Å²) in [4.78, 5) is 31.7. The first-order chi connectivity index (χ1) is 16.3. The zero-order chi connectivity index (χ0) is 24.3. The second kappa shape index (κ2) is 9.69. The Morgan fingerprint density at radius 1 is 1.15 bits per heavy atom. The van der Waals surface area contributed by atoms with Gasteiger partial charge in [-0.2, -0.15) is 0 Å². The highest BCUT2D eigenvalue weighted by Crippen LogP contribution is 2.49. The number of primary amides is 1. The molecule has 1 aromatic heterocycles. The fourth-order valence-corrected chi connectivity index (χ4v) is 4.31. The van der Waals surface area contributed by atoms with Gasteiger partial charge in [-0.3, -0.25) is 4.79 Å². The monoisotopic (exact) mass is 479 g/mol. The lowest BCUT2D eigenvalue weighted by Crippen LogP contribution is -2.29. The number of nitrogens with one attached hydrogen (secondary N) is 2. The predicted octanol–water partition coefficient (Wildman–Crippen LogP) is 4.50. The molecular formula is C25H26ClN5O3. The van der Waals surface area contributed by atoms with Gasteiger partial charge in [-0.25, -0.2) is 14.8 Å². The summed E-state index contributed by atoms with van der Waals surface area (Å²) >= 11 is 6.37. The number of nitrogens with two attached hydrogens (primary N) is 1. The van der Waals surface area contributed by atoms with E-state index in [1.165, 1.54) is 0 Å². The number of benzene rings is 2. The number of nitrogens with zero attached hydrogens (tertiary/aromatic N) is 2. The first-order valence-corrected chi connectivity index (χ1v) is 11.4. The molecule has 1 fully saturated rings. The van der Waals surface area contributed by atoms with Gasteiger partial charge >= 0.3 is 6.09 Å². The van der Waals surface area contributed by atoms with Crippen LogP contribution in [0.4, 0.5) is 16.4 Å². The van der Waals surface area contributed by atoms with Crippen LogP contribution < -0.4 is 16.4 Å². The normalized spacial score (nSPS) is 14.8. The van der Waals surface area contributed by atoms with E-state index in [0.29, 0.717) is 29.5 Å². The molecule has 2 amide bonds. The second-order valence-corrected chi connectivity index (χ2v) is 8.92. The Balaban J connectivity index is 1.46. The fraction of sp³-hybridized carbons (Fsp3) is 0.280. The topological polar surface area (TPSA) is 130 Å². The van der Waals surface area contributed by atoms with E-state index in [-0.39, 0.29) is 11.9 Å². The van der Waals surface area contributed by atoms with Gasteiger partial charge in [0.2, 0.25) is 11.9 Å². The SMILES string of the molecule is CC(NC(=O)O)c1ccc(Nc2ncc(Cl)c(CCc3ccccc3C3(C(N)=O)CC3)n2)cc1. The summed E-state index contributed by atoms with van der Waals surface area (Å²) in [7, 11) is 0. The zero-order valence-electron chi connectivity index (χ0n) is 18.7. The lowest BCUT2D eigenvalue weighted by atomic mass is 9.88. The fourth-order valence-electron chi connectivity index (χ4n) is 4.12. The minimum atomic E-state index is -1.07. The van der Waals surface area contributed by atoms with Crippen LogP contribution in [0.3, 0.4) is 0 Å². The molecule has 8 nitrogen and oxygen atoms in total. The predicted molar refractivity (Wildman–Crippen MR) is 130 cm³/mol. The van der Waals surface area contributed by atoms with E-state index < -0.39 is 11.5 Å². The highest BCUT2D eigenvalue weighted by Gasteiger charge is 2.50. The Hall–Kier alpha value is -3.65. The van der Waals surface area contributed by atoms with Gasteiger partial charge in [-0.1, -0.05) is 48.0 Å². The van der Waals surface area contributed by atoms with Gasteiger partial charge in [0, 0.05) is 5.69 Å². The molecular weight excluding hydrogens is 454 g/mol. The van der Waals surface area contributed by atoms with Crippen LogP contribution in [0.15, 0.2) is 54.7 Å². The first-order valence-electron chi connectivity index (χ1n) is 11.0. The molecule has 1 atom stereocenters. The maximum atomic E-state index is 12.0. The Kier molecular flexibility index (Phi) is 6.70. The second-order valence-electron chi connectivity index (χ2n) is 8.51. The number of rotatable bonds is 9. The molecule has 4 rings (SSSR count). The standard InChI is InChI=1S/C25H26ClN5O3/c1-15(29-24(33)34)16-6-9-18(10-7-16)30-23-28-14-20(26)21(31-23)11-8-17-4-2-3-5-19(17)25(12-13-25)22(27)32/h2-7,9-10,14-15,29H,8,11-13H2,1H3,(H2,27,32)(H,33,34)(H,28,30,31). The van der Waals surface area contributed by atoms with Gasteiger partial charge in [0.15, 0.2) is 0 Å². The number of aromatic nitrogens is 2. The van der Waals surface area contributed by atoms with Crippen LogP contribution in [-0.2, 0) is 23.1 Å². The van der Waals surface area contributed by atoms with Crippen LogP contribution in [-0.4, -0.2) is 27.1 Å². The molecule has 0 spiro atoms. The molecule has 0 bridgehead atoms. The van der Waals surface area contributed by atoms with E-state index >= 15 is 0 Å². The molecule has 1 aliphatic carbocycles. The smallest absolute Gasteiger partial charge is 0.405 e. The number of amides is 2. The van der Waals surface area contributed by atoms with Gasteiger partial charge in [0.25, 0.3) is 0 Å². The zero-order valence-corrected chi connectivity index (χ0v) is 19.5. The van der Waals surface area contributed by atoms with Crippen molar-refractivity contribution in [2.45, 2.75) is 44.1 Å². The molecule has 0 saturated heterocycles. The number of aryl methyl sites for hydroxylation is 2. The summed E-state index contributed by atoms with van der Waals surface area (Å²) in [6, 6.07) is 14.9. The molecule has 1 unspecified atom stereocenters. The van der Waals surface area contributed by atoms with Crippen molar-refractivity contribution in [2.75, 3.05) is 5.32 Å². The lowest BCUT2D eigenvalue weighted by molar-refractivity contribution is -0.120. The average Bonchev–Trinajstić information content (AvgIpc) is 3.62. The van der Waals surface area contributed by atoms with Crippen molar-refractivity contribution in [1.29, 1.82) is 0 Å². The molecule has 1 saturated carbocycles. The average molecular weight is 480 g/mol. The highest BCUT2D eigenvalue weighted by molar-refractivity contribution is 6.31. The van der Waals surface area contributed by atoms with Crippen molar-refractivity contribution in [3.63, 3.8) is 0 Å². The Bertz CT molecular complexity index is 1210. The number of anilines is 2. The van der Waals surface area contributed by atoms with E-state index in [2.05, 4.69) is 20.6 Å². The van der Waals surface area contributed by atoms with Crippen molar-refractivity contribution in [3.8, 4) is 0 Å². The third-order valence-electron chi connectivity index (χ3n) is 6.21. The number of carbonyl (C=O) groups excluding carboxylic acids is 1. The van der Waals surface area contributed by atoms with Crippen molar-refractivity contribution < 1.29 is 14.7 Å². The van der Waals surface area contributed by atoms with Crippen LogP contribution in [0.2, 0.25) is 5.02 Å². The highest BCUT2D eigenvalue weighted by atomic mass is 35.5. The Labute approximate surface area is 202 Å². The minimum Gasteiger partial charge on any atom is -0.465 e. The summed E-state index contributed by atoms with van der Waals surface area (Å²) in [5, 5.41) is 14.9. The van der Waals surface area contributed by atoms with Crippen LogP contribution in [0.5, 0.6) is 0 Å². The van der Waals surface area contributed by atoms with Crippen LogP contribution in [0.25, 0.3) is 0 Å². The van der Waals surface area contributed by atoms with E-state index in [4.69, 9.17) is 22.4 Å². The Morgan fingerprint density at radius 2 is 1.85 bits per heavy atom. The molecule has 1 heterocycles. The largest absolute Gasteiger partial charge is 0.465 e. The van der Waals surface area contributed by atoms with E-state index in [0.717, 1.165) is 35.2 Å². The molecule has 176 valence electrons. The summed E-state index contributed by atoms with van der Waals surface area (Å²) < 4.78 is 0. The molecule has 5 N–H and O–H groups in total. The maximum absolute atomic E-state index is 12.0. The molecule has 0 radical (unpaired) electrons. The van der Waals surface area contributed by atoms with Crippen molar-refractivity contribution in [1.82, 2.24) is 15.3 Å². The molecule has 3 aromatic rings. The van der Waals surface area contributed by atoms with Crippen LogP contribution >= 0.6 is 11.6 Å². The van der Waals surface area contributed by atoms with Gasteiger partial charge in [-0.05, 0) is 61.4 Å². The number of carbonyl (C=O) groups is 2. The molecule has 1 aliphatic rings. The number of hydrogen-bond donors (Lipinski definition) is 4. The van der Waals surface area contributed by atoms with Crippen LogP contribution in [0.1, 0.15) is 48.2 Å².